The number of anilines is 2. The molecule has 0 fully saturated rings. The second-order valence-electron chi connectivity index (χ2n) is 6.69. The summed E-state index contributed by atoms with van der Waals surface area (Å²) in [5.41, 5.74) is 6.74. The SMILES string of the molecule is Cc1ccc(N2C(=O)Cc3c(C(N)=O)nc(-c4c(Cl)cccc4[N+](=O)[O-])nc32)cc1. The first kappa shape index (κ1) is 19.5. The number of nitro benzene ring substituents is 1. The van der Waals surface area contributed by atoms with Crippen LogP contribution in [-0.2, 0) is 11.2 Å². The number of aryl methyl sites for hydroxylation is 1. The first-order valence-corrected chi connectivity index (χ1v) is 9.19. The zero-order valence-corrected chi connectivity index (χ0v) is 16.4. The van der Waals surface area contributed by atoms with Gasteiger partial charge in [0.1, 0.15) is 17.1 Å². The Morgan fingerprint density at radius 1 is 1.20 bits per heavy atom. The number of halogens is 1. The quantitative estimate of drug-likeness (QED) is 0.505. The molecule has 2 aromatic carbocycles. The van der Waals surface area contributed by atoms with Gasteiger partial charge in [-0.3, -0.25) is 24.6 Å². The van der Waals surface area contributed by atoms with Crippen LogP contribution in [0.4, 0.5) is 17.2 Å². The van der Waals surface area contributed by atoms with Gasteiger partial charge in [-0.15, -0.1) is 0 Å². The van der Waals surface area contributed by atoms with E-state index in [-0.39, 0.29) is 51.5 Å². The van der Waals surface area contributed by atoms with Crippen molar-refractivity contribution in [1.82, 2.24) is 9.97 Å². The maximum atomic E-state index is 12.8. The third-order valence-corrected chi connectivity index (χ3v) is 5.03. The molecule has 1 aliphatic rings. The van der Waals surface area contributed by atoms with Gasteiger partial charge in [-0.2, -0.15) is 0 Å². The van der Waals surface area contributed by atoms with Crippen molar-refractivity contribution in [3.63, 3.8) is 0 Å². The standard InChI is InChI=1S/C20H14ClN5O4/c1-10-5-7-11(8-6-10)25-15(27)9-12-17(18(22)28)23-19(24-20(12)25)16-13(21)3-2-4-14(16)26(29)30/h2-8H,9H2,1H3,(H2,22,28). The van der Waals surface area contributed by atoms with Gasteiger partial charge in [-0.05, 0) is 25.1 Å². The summed E-state index contributed by atoms with van der Waals surface area (Å²) >= 11 is 6.21. The molecule has 1 aromatic heterocycles. The molecule has 0 radical (unpaired) electrons. The Balaban J connectivity index is 1.99. The van der Waals surface area contributed by atoms with Crippen LogP contribution in [0.1, 0.15) is 21.6 Å². The van der Waals surface area contributed by atoms with Crippen LogP contribution in [0.2, 0.25) is 5.02 Å². The number of aromatic nitrogens is 2. The fraction of sp³-hybridized carbons (Fsp3) is 0.100. The van der Waals surface area contributed by atoms with Gasteiger partial charge in [-0.25, -0.2) is 9.97 Å². The molecule has 10 heteroatoms. The fourth-order valence-electron chi connectivity index (χ4n) is 3.33. The molecular formula is C20H14ClN5O4. The maximum absolute atomic E-state index is 12.8. The van der Waals surface area contributed by atoms with Crippen molar-refractivity contribution in [2.45, 2.75) is 13.3 Å². The zero-order chi connectivity index (χ0) is 21.6. The molecular weight excluding hydrogens is 410 g/mol. The third-order valence-electron chi connectivity index (χ3n) is 4.71. The Morgan fingerprint density at radius 2 is 1.90 bits per heavy atom. The highest BCUT2D eigenvalue weighted by Gasteiger charge is 2.36. The molecule has 150 valence electrons. The molecule has 0 aliphatic carbocycles. The van der Waals surface area contributed by atoms with E-state index < -0.39 is 10.8 Å². The number of primary amides is 1. The molecule has 1 aliphatic heterocycles. The molecule has 0 atom stereocenters. The number of rotatable bonds is 4. The predicted octanol–water partition coefficient (Wildman–Crippen LogP) is 3.33. The number of nitro groups is 1. The molecule has 3 aromatic rings. The Hall–Kier alpha value is -3.85. The van der Waals surface area contributed by atoms with E-state index >= 15 is 0 Å². The van der Waals surface area contributed by atoms with Gasteiger partial charge >= 0.3 is 0 Å². The fourth-order valence-corrected chi connectivity index (χ4v) is 3.58. The topological polar surface area (TPSA) is 132 Å². The predicted molar refractivity (Wildman–Crippen MR) is 110 cm³/mol. The van der Waals surface area contributed by atoms with Crippen molar-refractivity contribution in [2.75, 3.05) is 4.90 Å². The summed E-state index contributed by atoms with van der Waals surface area (Å²) in [7, 11) is 0. The maximum Gasteiger partial charge on any atom is 0.281 e. The van der Waals surface area contributed by atoms with Gasteiger partial charge in [-0.1, -0.05) is 35.4 Å². The van der Waals surface area contributed by atoms with E-state index in [9.17, 15) is 19.7 Å². The number of fused-ring (bicyclic) bond motifs is 1. The highest BCUT2D eigenvalue weighted by atomic mass is 35.5. The smallest absolute Gasteiger partial charge is 0.281 e. The van der Waals surface area contributed by atoms with E-state index in [2.05, 4.69) is 9.97 Å². The normalized spacial score (nSPS) is 12.7. The van der Waals surface area contributed by atoms with Crippen LogP contribution >= 0.6 is 11.6 Å². The Bertz CT molecular complexity index is 1230. The number of carbonyl (C=O) groups is 2. The van der Waals surface area contributed by atoms with Gasteiger partial charge in [0, 0.05) is 11.6 Å². The van der Waals surface area contributed by atoms with E-state index in [4.69, 9.17) is 17.3 Å². The van der Waals surface area contributed by atoms with E-state index in [1.807, 2.05) is 19.1 Å². The van der Waals surface area contributed by atoms with Crippen LogP contribution < -0.4 is 10.6 Å². The van der Waals surface area contributed by atoms with Crippen LogP contribution in [0, 0.1) is 17.0 Å². The second kappa shape index (κ2) is 7.20. The van der Waals surface area contributed by atoms with E-state index in [0.29, 0.717) is 5.69 Å². The number of nitrogens with two attached hydrogens (primary N) is 1. The molecule has 0 saturated heterocycles. The van der Waals surface area contributed by atoms with Gasteiger partial charge < -0.3 is 5.73 Å². The minimum absolute atomic E-state index is 0.0331. The average molecular weight is 424 g/mol. The van der Waals surface area contributed by atoms with Crippen molar-refractivity contribution >= 4 is 40.6 Å². The Kier molecular flexibility index (Phi) is 4.67. The van der Waals surface area contributed by atoms with Crippen molar-refractivity contribution in [3.05, 3.63) is 74.4 Å². The van der Waals surface area contributed by atoms with Crippen LogP contribution in [-0.4, -0.2) is 26.7 Å². The molecule has 0 saturated carbocycles. The summed E-state index contributed by atoms with van der Waals surface area (Å²) in [4.78, 5) is 45.6. The van der Waals surface area contributed by atoms with Crippen LogP contribution in [0.15, 0.2) is 42.5 Å². The molecule has 0 bridgehead atoms. The third kappa shape index (κ3) is 3.15. The largest absolute Gasteiger partial charge is 0.364 e. The summed E-state index contributed by atoms with van der Waals surface area (Å²) in [6.07, 6.45) is -0.119. The lowest BCUT2D eigenvalue weighted by atomic mass is 10.1. The number of hydrogen-bond donors (Lipinski definition) is 1. The Labute approximate surface area is 175 Å². The second-order valence-corrected chi connectivity index (χ2v) is 7.10. The molecule has 0 spiro atoms. The molecule has 9 nitrogen and oxygen atoms in total. The summed E-state index contributed by atoms with van der Waals surface area (Å²) in [5.74, 6) is -1.21. The minimum atomic E-state index is -0.872. The molecule has 30 heavy (non-hydrogen) atoms. The number of nitrogens with zero attached hydrogens (tertiary/aromatic N) is 4. The van der Waals surface area contributed by atoms with Crippen molar-refractivity contribution in [1.29, 1.82) is 0 Å². The number of carbonyl (C=O) groups excluding carboxylic acids is 2. The zero-order valence-electron chi connectivity index (χ0n) is 15.6. The van der Waals surface area contributed by atoms with Crippen LogP contribution in [0.5, 0.6) is 0 Å². The summed E-state index contributed by atoms with van der Waals surface area (Å²) in [6, 6.07) is 11.3. The van der Waals surface area contributed by atoms with Crippen LogP contribution in [0.25, 0.3) is 11.4 Å². The molecule has 2 heterocycles. The number of amides is 2. The molecule has 0 unspecified atom stereocenters. The van der Waals surface area contributed by atoms with E-state index in [1.54, 1.807) is 12.1 Å². The molecule has 2 amide bonds. The van der Waals surface area contributed by atoms with Gasteiger partial charge in [0.25, 0.3) is 11.6 Å². The Morgan fingerprint density at radius 3 is 2.53 bits per heavy atom. The first-order valence-electron chi connectivity index (χ1n) is 8.81. The summed E-state index contributed by atoms with van der Waals surface area (Å²) in [6.45, 7) is 1.91. The summed E-state index contributed by atoms with van der Waals surface area (Å²) in [5, 5.41) is 11.5. The van der Waals surface area contributed by atoms with E-state index in [0.717, 1.165) is 5.56 Å². The highest BCUT2D eigenvalue weighted by Crippen LogP contribution is 2.40. The number of benzene rings is 2. The molecule has 2 N–H and O–H groups in total. The minimum Gasteiger partial charge on any atom is -0.364 e. The van der Waals surface area contributed by atoms with Gasteiger partial charge in [0.15, 0.2) is 5.82 Å². The lowest BCUT2D eigenvalue weighted by Crippen LogP contribution is -2.21. The summed E-state index contributed by atoms with van der Waals surface area (Å²) < 4.78 is 0. The number of hydrogen-bond acceptors (Lipinski definition) is 6. The average Bonchev–Trinajstić information content (AvgIpc) is 3.03. The van der Waals surface area contributed by atoms with Crippen LogP contribution in [0.3, 0.4) is 0 Å². The van der Waals surface area contributed by atoms with Gasteiger partial charge in [0.05, 0.1) is 22.1 Å². The highest BCUT2D eigenvalue weighted by molar-refractivity contribution is 6.33. The van der Waals surface area contributed by atoms with E-state index in [1.165, 1.54) is 23.1 Å². The van der Waals surface area contributed by atoms with Gasteiger partial charge in [0.2, 0.25) is 5.91 Å². The monoisotopic (exact) mass is 423 g/mol. The lowest BCUT2D eigenvalue weighted by molar-refractivity contribution is -0.384. The molecule has 4 rings (SSSR count). The lowest BCUT2D eigenvalue weighted by Gasteiger charge is -2.18. The van der Waals surface area contributed by atoms with Crippen molar-refractivity contribution in [3.8, 4) is 11.4 Å². The van der Waals surface area contributed by atoms with Crippen molar-refractivity contribution < 1.29 is 14.5 Å². The first-order chi connectivity index (χ1) is 14.3. The van der Waals surface area contributed by atoms with Crippen molar-refractivity contribution in [2.24, 2.45) is 5.73 Å².